The van der Waals surface area contributed by atoms with Crippen molar-refractivity contribution < 1.29 is 19.0 Å². The predicted molar refractivity (Wildman–Crippen MR) is 107 cm³/mol. The summed E-state index contributed by atoms with van der Waals surface area (Å²) in [4.78, 5) is 17.9. The van der Waals surface area contributed by atoms with Gasteiger partial charge < -0.3 is 29.7 Å². The van der Waals surface area contributed by atoms with Crippen molar-refractivity contribution in [3.8, 4) is 0 Å². The molecule has 3 fully saturated rings. The third-order valence-corrected chi connectivity index (χ3v) is 5.67. The summed E-state index contributed by atoms with van der Waals surface area (Å²) in [5.41, 5.74) is 0. The lowest BCUT2D eigenvalue weighted by Gasteiger charge is -2.26. The molecular weight excluding hydrogens is 360 g/mol. The number of carbonyl (C=O) groups is 1. The van der Waals surface area contributed by atoms with E-state index in [0.717, 1.165) is 32.3 Å². The molecule has 2 aliphatic heterocycles. The second-order valence-electron chi connectivity index (χ2n) is 8.23. The van der Waals surface area contributed by atoms with Gasteiger partial charge in [0.05, 0.1) is 12.7 Å². The monoisotopic (exact) mass is 396 g/mol. The minimum Gasteiger partial charge on any atom is -0.376 e. The fraction of sp³-hybridized carbons (Fsp3) is 0.900. The highest BCUT2D eigenvalue weighted by Gasteiger charge is 2.41. The molecule has 2 heterocycles. The van der Waals surface area contributed by atoms with Crippen LogP contribution in [0.4, 0.5) is 0 Å². The zero-order valence-corrected chi connectivity index (χ0v) is 17.4. The van der Waals surface area contributed by atoms with Crippen LogP contribution in [-0.2, 0) is 19.0 Å². The first-order chi connectivity index (χ1) is 13.6. The smallest absolute Gasteiger partial charge is 0.243 e. The third kappa shape index (κ3) is 6.32. The molecule has 0 radical (unpaired) electrons. The lowest BCUT2D eigenvalue weighted by atomic mass is 10.1. The quantitative estimate of drug-likeness (QED) is 0.519. The Bertz CT molecular complexity index is 526. The molecule has 8 heteroatoms. The van der Waals surface area contributed by atoms with E-state index in [1.54, 1.807) is 19.0 Å². The average Bonchev–Trinajstić information content (AvgIpc) is 3.28. The summed E-state index contributed by atoms with van der Waals surface area (Å²) in [6.45, 7) is 2.83. The van der Waals surface area contributed by atoms with Crippen LogP contribution >= 0.6 is 0 Å². The van der Waals surface area contributed by atoms with Gasteiger partial charge in [-0.05, 0) is 25.7 Å². The highest BCUT2D eigenvalue weighted by molar-refractivity contribution is 5.84. The van der Waals surface area contributed by atoms with Crippen molar-refractivity contribution in [2.24, 2.45) is 4.99 Å². The van der Waals surface area contributed by atoms with Crippen molar-refractivity contribution in [2.75, 3.05) is 46.9 Å². The van der Waals surface area contributed by atoms with E-state index in [2.05, 4.69) is 15.6 Å². The van der Waals surface area contributed by atoms with Crippen LogP contribution in [0.15, 0.2) is 4.99 Å². The molecule has 0 aromatic carbocycles. The molecule has 1 amide bonds. The Labute approximate surface area is 168 Å². The second-order valence-corrected chi connectivity index (χ2v) is 8.23. The molecule has 1 aliphatic carbocycles. The Kier molecular flexibility index (Phi) is 7.93. The first kappa shape index (κ1) is 21.3. The molecule has 0 aromatic heterocycles. The third-order valence-electron chi connectivity index (χ3n) is 5.67. The van der Waals surface area contributed by atoms with Gasteiger partial charge >= 0.3 is 0 Å². The van der Waals surface area contributed by atoms with Crippen LogP contribution in [0, 0.1) is 0 Å². The van der Waals surface area contributed by atoms with Gasteiger partial charge in [0, 0.05) is 46.6 Å². The Morgan fingerprint density at radius 3 is 2.43 bits per heavy atom. The topological polar surface area (TPSA) is 84.4 Å². The fourth-order valence-corrected chi connectivity index (χ4v) is 3.94. The Hall–Kier alpha value is -1.38. The van der Waals surface area contributed by atoms with Gasteiger partial charge in [-0.25, -0.2) is 4.99 Å². The standard InChI is InChI=1S/C20H36N4O4/c1-24(2)18(25)14-23-19(21-12-16-8-7-11-26-16)22-13-17-15-27-20(28-17)9-5-3-4-6-10-20/h16-17H,3-15H2,1-2H3,(H2,21,22,23). The van der Waals surface area contributed by atoms with Gasteiger partial charge in [0.25, 0.3) is 0 Å². The van der Waals surface area contributed by atoms with Crippen molar-refractivity contribution >= 4 is 11.9 Å². The zero-order chi connectivity index (χ0) is 19.8. The summed E-state index contributed by atoms with van der Waals surface area (Å²) in [5, 5.41) is 6.63. The van der Waals surface area contributed by atoms with Gasteiger partial charge in [0.2, 0.25) is 5.91 Å². The van der Waals surface area contributed by atoms with Crippen molar-refractivity contribution in [2.45, 2.75) is 69.4 Å². The normalized spacial score (nSPS) is 27.6. The van der Waals surface area contributed by atoms with Gasteiger partial charge in [-0.15, -0.1) is 0 Å². The minimum absolute atomic E-state index is 0.00243. The minimum atomic E-state index is -0.383. The SMILES string of the molecule is CN(C)C(=O)CN=C(NCC1CCCO1)NCC1COC2(CCCCCC2)O1. The number of likely N-dealkylation sites (N-methyl/N-ethyl adjacent to an activating group) is 1. The average molecular weight is 397 g/mol. The maximum absolute atomic E-state index is 11.9. The summed E-state index contributed by atoms with van der Waals surface area (Å²) in [7, 11) is 3.47. The number of amides is 1. The van der Waals surface area contributed by atoms with E-state index in [0.29, 0.717) is 25.7 Å². The van der Waals surface area contributed by atoms with Gasteiger partial charge in [-0.3, -0.25) is 4.79 Å². The van der Waals surface area contributed by atoms with Crippen LogP contribution in [0.25, 0.3) is 0 Å². The molecule has 2 unspecified atom stereocenters. The molecule has 3 aliphatic rings. The summed E-state index contributed by atoms with van der Waals surface area (Å²) >= 11 is 0. The molecule has 2 saturated heterocycles. The number of ether oxygens (including phenoxy) is 3. The van der Waals surface area contributed by atoms with Crippen LogP contribution in [-0.4, -0.2) is 81.7 Å². The molecule has 0 aromatic rings. The van der Waals surface area contributed by atoms with Crippen LogP contribution in [0.2, 0.25) is 0 Å². The van der Waals surface area contributed by atoms with Crippen molar-refractivity contribution in [1.29, 1.82) is 0 Å². The second kappa shape index (κ2) is 10.4. The number of hydrogen-bond donors (Lipinski definition) is 2. The summed E-state index contributed by atoms with van der Waals surface area (Å²) in [6, 6.07) is 0. The predicted octanol–water partition coefficient (Wildman–Crippen LogP) is 1.25. The van der Waals surface area contributed by atoms with Gasteiger partial charge in [-0.2, -0.15) is 0 Å². The molecule has 0 bridgehead atoms. The largest absolute Gasteiger partial charge is 0.376 e. The van der Waals surface area contributed by atoms with E-state index in [-0.39, 0.29) is 30.4 Å². The highest BCUT2D eigenvalue weighted by atomic mass is 16.7. The lowest BCUT2D eigenvalue weighted by molar-refractivity contribution is -0.175. The summed E-state index contributed by atoms with van der Waals surface area (Å²) in [5.74, 6) is 0.207. The first-order valence-electron chi connectivity index (χ1n) is 10.7. The Morgan fingerprint density at radius 1 is 1.07 bits per heavy atom. The van der Waals surface area contributed by atoms with Gasteiger partial charge in [-0.1, -0.05) is 12.8 Å². The van der Waals surface area contributed by atoms with E-state index >= 15 is 0 Å². The summed E-state index contributed by atoms with van der Waals surface area (Å²) < 4.78 is 18.0. The molecule has 2 atom stereocenters. The van der Waals surface area contributed by atoms with E-state index < -0.39 is 0 Å². The molecular formula is C20H36N4O4. The highest BCUT2D eigenvalue weighted by Crippen LogP contribution is 2.36. The zero-order valence-electron chi connectivity index (χ0n) is 17.4. The molecule has 8 nitrogen and oxygen atoms in total. The first-order valence-corrected chi connectivity index (χ1v) is 10.7. The number of nitrogens with one attached hydrogen (secondary N) is 2. The van der Waals surface area contributed by atoms with Gasteiger partial charge in [0.1, 0.15) is 12.6 Å². The Balaban J connectivity index is 1.49. The van der Waals surface area contributed by atoms with E-state index in [9.17, 15) is 4.79 Å². The van der Waals surface area contributed by atoms with Crippen LogP contribution in [0.1, 0.15) is 51.4 Å². The van der Waals surface area contributed by atoms with Crippen LogP contribution in [0.3, 0.4) is 0 Å². The molecule has 1 spiro atoms. The van der Waals surface area contributed by atoms with E-state index in [1.807, 2.05) is 0 Å². The number of nitrogens with zero attached hydrogens (tertiary/aromatic N) is 2. The summed E-state index contributed by atoms with van der Waals surface area (Å²) in [6.07, 6.45) is 9.19. The molecule has 28 heavy (non-hydrogen) atoms. The number of guanidine groups is 1. The fourth-order valence-electron chi connectivity index (χ4n) is 3.94. The van der Waals surface area contributed by atoms with E-state index in [4.69, 9.17) is 14.2 Å². The van der Waals surface area contributed by atoms with E-state index in [1.165, 1.54) is 25.7 Å². The number of hydrogen-bond acceptors (Lipinski definition) is 5. The maximum atomic E-state index is 11.9. The van der Waals surface area contributed by atoms with Crippen molar-refractivity contribution in [1.82, 2.24) is 15.5 Å². The molecule has 3 rings (SSSR count). The number of rotatable bonds is 6. The van der Waals surface area contributed by atoms with Crippen LogP contribution in [0.5, 0.6) is 0 Å². The maximum Gasteiger partial charge on any atom is 0.243 e. The number of aliphatic imine (C=N–C) groups is 1. The lowest BCUT2D eigenvalue weighted by Crippen LogP contribution is -2.45. The molecule has 2 N–H and O–H groups in total. The number of carbonyl (C=O) groups excluding carboxylic acids is 1. The van der Waals surface area contributed by atoms with Gasteiger partial charge in [0.15, 0.2) is 11.7 Å². The molecule has 160 valence electrons. The molecule has 1 saturated carbocycles. The van der Waals surface area contributed by atoms with Crippen LogP contribution < -0.4 is 10.6 Å². The Morgan fingerprint density at radius 2 is 1.79 bits per heavy atom. The van der Waals surface area contributed by atoms with Crippen molar-refractivity contribution in [3.05, 3.63) is 0 Å². The van der Waals surface area contributed by atoms with Crippen molar-refractivity contribution in [3.63, 3.8) is 0 Å².